The van der Waals surface area contributed by atoms with Gasteiger partial charge in [-0.25, -0.2) is 0 Å². The van der Waals surface area contributed by atoms with E-state index in [0.29, 0.717) is 12.5 Å². The monoisotopic (exact) mass is 182 g/mol. The molecule has 0 saturated heterocycles. The van der Waals surface area contributed by atoms with E-state index in [9.17, 15) is 4.79 Å². The molecule has 74 valence electrons. The lowest BCUT2D eigenvalue weighted by atomic mass is 9.81. The van der Waals surface area contributed by atoms with Crippen molar-refractivity contribution < 1.29 is 4.79 Å². The third kappa shape index (κ3) is 4.51. The lowest BCUT2D eigenvalue weighted by Crippen LogP contribution is -2.36. The minimum Gasteiger partial charge on any atom is -0.355 e. The van der Waals surface area contributed by atoms with Crippen molar-refractivity contribution in [2.24, 2.45) is 11.3 Å². The average molecular weight is 182 g/mol. The van der Waals surface area contributed by atoms with Crippen molar-refractivity contribution >= 4 is 5.91 Å². The van der Waals surface area contributed by atoms with Gasteiger partial charge in [-0.3, -0.25) is 4.79 Å². The smallest absolute Gasteiger partial charge is 0.234 e. The number of carbonyl (C=O) groups is 1. The van der Waals surface area contributed by atoms with Gasteiger partial charge in [0.1, 0.15) is 6.42 Å². The quantitative estimate of drug-likeness (QED) is 0.719. The first-order valence-electron chi connectivity index (χ1n) is 4.54. The second kappa shape index (κ2) is 4.86. The second-order valence-corrected chi connectivity index (χ2v) is 4.25. The molecule has 13 heavy (non-hydrogen) atoms. The summed E-state index contributed by atoms with van der Waals surface area (Å²) in [5.74, 6) is 0.325. The Bertz CT molecular complexity index is 213. The van der Waals surface area contributed by atoms with Gasteiger partial charge in [-0.1, -0.05) is 27.7 Å². The van der Waals surface area contributed by atoms with Crippen LogP contribution in [0.3, 0.4) is 0 Å². The molecule has 1 amide bonds. The Morgan fingerprint density at radius 2 is 2.08 bits per heavy atom. The van der Waals surface area contributed by atoms with Crippen molar-refractivity contribution in [3.63, 3.8) is 0 Å². The molecule has 0 aromatic heterocycles. The number of rotatable bonds is 4. The molecule has 0 rings (SSSR count). The van der Waals surface area contributed by atoms with Gasteiger partial charge in [0, 0.05) is 6.54 Å². The Balaban J connectivity index is 3.89. The van der Waals surface area contributed by atoms with Crippen molar-refractivity contribution in [1.82, 2.24) is 5.32 Å². The number of nitrogens with zero attached hydrogens (tertiary/aromatic N) is 1. The highest BCUT2D eigenvalue weighted by Gasteiger charge is 2.22. The van der Waals surface area contributed by atoms with Crippen LogP contribution in [0, 0.1) is 22.7 Å². The Kier molecular flexibility index (Phi) is 4.47. The van der Waals surface area contributed by atoms with Crippen molar-refractivity contribution in [3.8, 4) is 6.07 Å². The minimum atomic E-state index is -0.184. The lowest BCUT2D eigenvalue weighted by molar-refractivity contribution is -0.120. The summed E-state index contributed by atoms with van der Waals surface area (Å²) in [6.07, 6.45) is -0.0474. The van der Waals surface area contributed by atoms with Crippen molar-refractivity contribution in [3.05, 3.63) is 0 Å². The number of amides is 1. The molecule has 0 radical (unpaired) electrons. The summed E-state index contributed by atoms with van der Waals surface area (Å²) in [4.78, 5) is 11.0. The molecule has 0 aromatic rings. The molecule has 0 heterocycles. The van der Waals surface area contributed by atoms with Gasteiger partial charge in [-0.15, -0.1) is 0 Å². The molecule has 0 fully saturated rings. The molecule has 0 aliphatic rings. The van der Waals surface area contributed by atoms with E-state index in [-0.39, 0.29) is 17.7 Å². The van der Waals surface area contributed by atoms with Gasteiger partial charge in [0.2, 0.25) is 5.91 Å². The summed E-state index contributed by atoms with van der Waals surface area (Å²) in [5, 5.41) is 11.0. The van der Waals surface area contributed by atoms with Crippen molar-refractivity contribution in [2.45, 2.75) is 34.1 Å². The van der Waals surface area contributed by atoms with Gasteiger partial charge in [0.15, 0.2) is 0 Å². The van der Waals surface area contributed by atoms with E-state index < -0.39 is 0 Å². The SMILES string of the molecule is CC(C)C(C)(C)CNC(=O)CC#N. The van der Waals surface area contributed by atoms with Crippen LogP contribution in [-0.2, 0) is 4.79 Å². The summed E-state index contributed by atoms with van der Waals surface area (Å²) in [5.41, 5.74) is 0.0884. The first kappa shape index (κ1) is 12.0. The number of nitrogens with one attached hydrogen (secondary N) is 1. The fourth-order valence-electron chi connectivity index (χ4n) is 0.665. The van der Waals surface area contributed by atoms with E-state index >= 15 is 0 Å². The molecular formula is C10H18N2O. The van der Waals surface area contributed by atoms with E-state index in [1.807, 2.05) is 6.07 Å². The minimum absolute atomic E-state index is 0.0474. The first-order valence-corrected chi connectivity index (χ1v) is 4.54. The number of hydrogen-bond donors (Lipinski definition) is 1. The zero-order valence-corrected chi connectivity index (χ0v) is 8.85. The van der Waals surface area contributed by atoms with E-state index in [2.05, 4.69) is 33.0 Å². The molecule has 0 saturated carbocycles. The molecule has 3 heteroatoms. The van der Waals surface area contributed by atoms with Crippen LogP contribution in [0.25, 0.3) is 0 Å². The van der Waals surface area contributed by atoms with Crippen molar-refractivity contribution in [2.75, 3.05) is 6.54 Å². The standard InChI is InChI=1S/C10H18N2O/c1-8(2)10(3,4)7-12-9(13)5-6-11/h8H,5,7H2,1-4H3,(H,12,13). The lowest BCUT2D eigenvalue weighted by Gasteiger charge is -2.29. The summed E-state index contributed by atoms with van der Waals surface area (Å²) in [6.45, 7) is 9.08. The number of carbonyl (C=O) groups excluding carboxylic acids is 1. The molecule has 0 atom stereocenters. The summed E-state index contributed by atoms with van der Waals surface area (Å²) >= 11 is 0. The topological polar surface area (TPSA) is 52.9 Å². The van der Waals surface area contributed by atoms with Crippen LogP contribution in [-0.4, -0.2) is 12.5 Å². The highest BCUT2D eigenvalue weighted by Crippen LogP contribution is 2.24. The first-order chi connectivity index (χ1) is 5.90. The van der Waals surface area contributed by atoms with Crippen LogP contribution in [0.1, 0.15) is 34.1 Å². The highest BCUT2D eigenvalue weighted by molar-refractivity contribution is 5.77. The summed E-state index contributed by atoms with van der Waals surface area (Å²) in [6, 6.07) is 1.82. The maximum atomic E-state index is 11.0. The van der Waals surface area contributed by atoms with E-state index in [1.165, 1.54) is 0 Å². The largest absolute Gasteiger partial charge is 0.355 e. The molecule has 0 spiro atoms. The van der Waals surface area contributed by atoms with Crippen molar-refractivity contribution in [1.29, 1.82) is 5.26 Å². The predicted molar refractivity (Wildman–Crippen MR) is 51.9 cm³/mol. The molecule has 0 aromatic carbocycles. The van der Waals surface area contributed by atoms with Crippen LogP contribution < -0.4 is 5.32 Å². The highest BCUT2D eigenvalue weighted by atomic mass is 16.1. The Hall–Kier alpha value is -1.04. The maximum absolute atomic E-state index is 11.0. The van der Waals surface area contributed by atoms with Crippen LogP contribution >= 0.6 is 0 Å². The summed E-state index contributed by atoms with van der Waals surface area (Å²) in [7, 11) is 0. The van der Waals surface area contributed by atoms with Crippen LogP contribution in [0.15, 0.2) is 0 Å². The normalized spacial score (nSPS) is 11.1. The fraction of sp³-hybridized carbons (Fsp3) is 0.800. The molecule has 0 aliphatic carbocycles. The average Bonchev–Trinajstić information content (AvgIpc) is 2.01. The molecule has 3 nitrogen and oxygen atoms in total. The van der Waals surface area contributed by atoms with Gasteiger partial charge in [0.25, 0.3) is 0 Å². The third-order valence-electron chi connectivity index (χ3n) is 2.54. The van der Waals surface area contributed by atoms with Gasteiger partial charge < -0.3 is 5.32 Å². The Morgan fingerprint density at radius 1 is 1.54 bits per heavy atom. The van der Waals surface area contributed by atoms with Gasteiger partial charge >= 0.3 is 0 Å². The third-order valence-corrected chi connectivity index (χ3v) is 2.54. The van der Waals surface area contributed by atoms with E-state index in [1.54, 1.807) is 0 Å². The Morgan fingerprint density at radius 3 is 2.46 bits per heavy atom. The van der Waals surface area contributed by atoms with E-state index in [0.717, 1.165) is 0 Å². The number of nitriles is 1. The summed E-state index contributed by atoms with van der Waals surface area (Å²) < 4.78 is 0. The van der Waals surface area contributed by atoms with Crippen LogP contribution in [0.2, 0.25) is 0 Å². The van der Waals surface area contributed by atoms with Crippen LogP contribution in [0.5, 0.6) is 0 Å². The second-order valence-electron chi connectivity index (χ2n) is 4.25. The zero-order chi connectivity index (χ0) is 10.5. The molecule has 0 unspecified atom stereocenters. The van der Waals surface area contributed by atoms with E-state index in [4.69, 9.17) is 5.26 Å². The molecule has 0 aliphatic heterocycles. The van der Waals surface area contributed by atoms with Gasteiger partial charge in [-0.2, -0.15) is 5.26 Å². The van der Waals surface area contributed by atoms with Gasteiger partial charge in [-0.05, 0) is 11.3 Å². The predicted octanol–water partition coefficient (Wildman–Crippen LogP) is 1.70. The molecule has 1 N–H and O–H groups in total. The molecule has 0 bridgehead atoms. The van der Waals surface area contributed by atoms with Gasteiger partial charge in [0.05, 0.1) is 6.07 Å². The fourth-order valence-corrected chi connectivity index (χ4v) is 0.665. The Labute approximate surface area is 80.1 Å². The zero-order valence-electron chi connectivity index (χ0n) is 8.85. The maximum Gasteiger partial charge on any atom is 0.234 e. The molecular weight excluding hydrogens is 164 g/mol. The number of hydrogen-bond acceptors (Lipinski definition) is 2. The van der Waals surface area contributed by atoms with Crippen LogP contribution in [0.4, 0.5) is 0 Å².